The molecule has 0 aliphatic rings. The fraction of sp³-hybridized carbons (Fsp3) is 0.188. The maximum atomic E-state index is 9.34. The van der Waals surface area contributed by atoms with Crippen LogP contribution in [0.1, 0.15) is 16.7 Å². The lowest BCUT2D eigenvalue weighted by Crippen LogP contribution is -1.99. The van der Waals surface area contributed by atoms with Crippen LogP contribution in [0.15, 0.2) is 41.3 Å². The SMILES string of the molecule is CSc1cccc(Nc2c(C)cccc2C)c1C#N. The molecule has 0 saturated carbocycles. The van der Waals surface area contributed by atoms with E-state index < -0.39 is 0 Å². The molecule has 2 aromatic rings. The minimum Gasteiger partial charge on any atom is -0.354 e. The molecule has 0 aliphatic heterocycles. The third-order valence-electron chi connectivity index (χ3n) is 3.10. The standard InChI is InChI=1S/C16H16N2S/c1-11-6-4-7-12(2)16(11)18-14-8-5-9-15(19-3)13(14)10-17/h4-9,18H,1-3H3. The highest BCUT2D eigenvalue weighted by Crippen LogP contribution is 2.30. The van der Waals surface area contributed by atoms with Gasteiger partial charge in [0.15, 0.2) is 0 Å². The molecule has 2 nitrogen and oxygen atoms in total. The topological polar surface area (TPSA) is 35.8 Å². The molecule has 0 bridgehead atoms. The van der Waals surface area contributed by atoms with Crippen molar-refractivity contribution in [2.24, 2.45) is 0 Å². The summed E-state index contributed by atoms with van der Waals surface area (Å²) in [5, 5.41) is 12.7. The zero-order valence-corrected chi connectivity index (χ0v) is 12.1. The van der Waals surface area contributed by atoms with Gasteiger partial charge in [-0.25, -0.2) is 0 Å². The van der Waals surface area contributed by atoms with E-state index in [1.54, 1.807) is 11.8 Å². The summed E-state index contributed by atoms with van der Waals surface area (Å²) in [6.07, 6.45) is 1.99. The molecule has 0 radical (unpaired) electrons. The Kier molecular flexibility index (Phi) is 4.13. The Bertz CT molecular complexity index is 621. The Balaban J connectivity index is 2.48. The van der Waals surface area contributed by atoms with Crippen LogP contribution in [0.25, 0.3) is 0 Å². The number of hydrogen-bond donors (Lipinski definition) is 1. The molecule has 0 heterocycles. The van der Waals surface area contributed by atoms with E-state index in [4.69, 9.17) is 0 Å². The van der Waals surface area contributed by atoms with E-state index in [1.807, 2.05) is 30.5 Å². The zero-order valence-electron chi connectivity index (χ0n) is 11.3. The molecular formula is C16H16N2S. The van der Waals surface area contributed by atoms with E-state index in [2.05, 4.69) is 37.4 Å². The zero-order chi connectivity index (χ0) is 13.8. The average molecular weight is 268 g/mol. The molecule has 0 fully saturated rings. The molecule has 19 heavy (non-hydrogen) atoms. The summed E-state index contributed by atoms with van der Waals surface area (Å²) < 4.78 is 0. The molecule has 2 rings (SSSR count). The van der Waals surface area contributed by atoms with Crippen molar-refractivity contribution in [3.63, 3.8) is 0 Å². The van der Waals surface area contributed by atoms with Crippen LogP contribution in [0.3, 0.4) is 0 Å². The summed E-state index contributed by atoms with van der Waals surface area (Å²) >= 11 is 1.59. The van der Waals surface area contributed by atoms with E-state index in [-0.39, 0.29) is 0 Å². The largest absolute Gasteiger partial charge is 0.354 e. The number of aryl methyl sites for hydroxylation is 2. The lowest BCUT2D eigenvalue weighted by molar-refractivity contribution is 1.32. The van der Waals surface area contributed by atoms with Crippen LogP contribution in [-0.2, 0) is 0 Å². The fourth-order valence-corrected chi connectivity index (χ4v) is 2.64. The van der Waals surface area contributed by atoms with Crippen LogP contribution in [0.4, 0.5) is 11.4 Å². The molecule has 3 heteroatoms. The monoisotopic (exact) mass is 268 g/mol. The van der Waals surface area contributed by atoms with Gasteiger partial charge >= 0.3 is 0 Å². The van der Waals surface area contributed by atoms with Crippen molar-refractivity contribution in [2.45, 2.75) is 18.7 Å². The number of thioether (sulfide) groups is 1. The van der Waals surface area contributed by atoms with E-state index in [1.165, 1.54) is 11.1 Å². The van der Waals surface area contributed by atoms with Crippen LogP contribution < -0.4 is 5.32 Å². The Morgan fingerprint density at radius 1 is 1.05 bits per heavy atom. The third kappa shape index (κ3) is 2.74. The van der Waals surface area contributed by atoms with Crippen molar-refractivity contribution >= 4 is 23.1 Å². The highest BCUT2D eigenvalue weighted by atomic mass is 32.2. The molecule has 1 N–H and O–H groups in total. The second-order valence-corrected chi connectivity index (χ2v) is 5.23. The van der Waals surface area contributed by atoms with Crippen molar-refractivity contribution in [1.29, 1.82) is 5.26 Å². The Hall–Kier alpha value is -1.92. The van der Waals surface area contributed by atoms with E-state index >= 15 is 0 Å². The second-order valence-electron chi connectivity index (χ2n) is 4.39. The number of nitrogens with zero attached hydrogens (tertiary/aromatic N) is 1. The van der Waals surface area contributed by atoms with Gasteiger partial charge in [0.25, 0.3) is 0 Å². The molecule has 0 unspecified atom stereocenters. The van der Waals surface area contributed by atoms with Gasteiger partial charge < -0.3 is 5.32 Å². The van der Waals surface area contributed by atoms with Gasteiger partial charge in [0.1, 0.15) is 6.07 Å². The summed E-state index contributed by atoms with van der Waals surface area (Å²) in [5.74, 6) is 0. The van der Waals surface area contributed by atoms with Gasteiger partial charge in [-0.1, -0.05) is 24.3 Å². The Morgan fingerprint density at radius 3 is 2.26 bits per heavy atom. The lowest BCUT2D eigenvalue weighted by atomic mass is 10.1. The number of rotatable bonds is 3. The number of benzene rings is 2. The molecule has 96 valence electrons. The van der Waals surface area contributed by atoms with Crippen LogP contribution in [0.5, 0.6) is 0 Å². The smallest absolute Gasteiger partial charge is 0.103 e. The first-order valence-corrected chi connectivity index (χ1v) is 7.30. The summed E-state index contributed by atoms with van der Waals surface area (Å²) in [6.45, 7) is 4.14. The number of anilines is 2. The van der Waals surface area contributed by atoms with Crippen molar-refractivity contribution in [3.8, 4) is 6.07 Å². The second kappa shape index (κ2) is 5.81. The summed E-state index contributed by atoms with van der Waals surface area (Å²) in [4.78, 5) is 0.999. The number of hydrogen-bond acceptors (Lipinski definition) is 3. The van der Waals surface area contributed by atoms with Gasteiger partial charge in [0, 0.05) is 10.6 Å². The number of nitriles is 1. The maximum absolute atomic E-state index is 9.34. The molecule has 0 spiro atoms. The van der Waals surface area contributed by atoms with E-state index in [0.29, 0.717) is 5.56 Å². The first-order valence-electron chi connectivity index (χ1n) is 6.07. The molecule has 0 aliphatic carbocycles. The van der Waals surface area contributed by atoms with Gasteiger partial charge in [0.05, 0.1) is 11.3 Å². The predicted molar refractivity (Wildman–Crippen MR) is 82.1 cm³/mol. The van der Waals surface area contributed by atoms with Gasteiger partial charge in [-0.3, -0.25) is 0 Å². The van der Waals surface area contributed by atoms with E-state index in [0.717, 1.165) is 16.3 Å². The first kappa shape index (κ1) is 13.5. The summed E-state index contributed by atoms with van der Waals surface area (Å²) in [7, 11) is 0. The highest BCUT2D eigenvalue weighted by molar-refractivity contribution is 7.98. The van der Waals surface area contributed by atoms with Gasteiger partial charge in [-0.15, -0.1) is 11.8 Å². The normalized spacial score (nSPS) is 10.0. The fourth-order valence-electron chi connectivity index (χ4n) is 2.07. The molecule has 0 aromatic heterocycles. The molecular weight excluding hydrogens is 252 g/mol. The van der Waals surface area contributed by atoms with Crippen molar-refractivity contribution in [2.75, 3.05) is 11.6 Å². The Labute approximate surface area is 118 Å². The quantitative estimate of drug-likeness (QED) is 0.824. The minimum absolute atomic E-state index is 0.706. The van der Waals surface area contributed by atoms with Crippen molar-refractivity contribution in [3.05, 3.63) is 53.1 Å². The average Bonchev–Trinajstić information content (AvgIpc) is 2.42. The van der Waals surface area contributed by atoms with Crippen LogP contribution in [0, 0.1) is 25.2 Å². The lowest BCUT2D eigenvalue weighted by Gasteiger charge is -2.14. The van der Waals surface area contributed by atoms with Crippen LogP contribution >= 0.6 is 11.8 Å². The van der Waals surface area contributed by atoms with Crippen molar-refractivity contribution in [1.82, 2.24) is 0 Å². The van der Waals surface area contributed by atoms with Gasteiger partial charge in [-0.2, -0.15) is 5.26 Å². The first-order chi connectivity index (χ1) is 9.17. The van der Waals surface area contributed by atoms with Crippen LogP contribution in [0.2, 0.25) is 0 Å². The van der Waals surface area contributed by atoms with E-state index in [9.17, 15) is 5.26 Å². The maximum Gasteiger partial charge on any atom is 0.103 e. The predicted octanol–water partition coefficient (Wildman–Crippen LogP) is 4.64. The number of para-hydroxylation sites is 1. The van der Waals surface area contributed by atoms with Crippen LogP contribution in [-0.4, -0.2) is 6.26 Å². The molecule has 0 amide bonds. The third-order valence-corrected chi connectivity index (χ3v) is 3.88. The molecule has 2 aromatic carbocycles. The Morgan fingerprint density at radius 2 is 1.68 bits per heavy atom. The number of nitrogens with one attached hydrogen (secondary N) is 1. The highest BCUT2D eigenvalue weighted by Gasteiger charge is 2.09. The molecule has 0 saturated heterocycles. The minimum atomic E-state index is 0.706. The summed E-state index contributed by atoms with van der Waals surface area (Å²) in [6, 6.07) is 14.4. The summed E-state index contributed by atoms with van der Waals surface area (Å²) in [5.41, 5.74) is 5.01. The van der Waals surface area contributed by atoms with Gasteiger partial charge in [-0.05, 0) is 43.4 Å². The molecule has 0 atom stereocenters. The van der Waals surface area contributed by atoms with Crippen molar-refractivity contribution < 1.29 is 0 Å². The van der Waals surface area contributed by atoms with Gasteiger partial charge in [0.2, 0.25) is 0 Å².